The Hall–Kier alpha value is -2.13. The molecular formula is C22H26N2O. The Bertz CT molecular complexity index is 732. The monoisotopic (exact) mass is 334 g/mol. The largest absolute Gasteiger partial charge is 0.334 e. The van der Waals surface area contributed by atoms with Crippen molar-refractivity contribution in [3.8, 4) is 0 Å². The normalized spacial score (nSPS) is 18.0. The lowest BCUT2D eigenvalue weighted by Crippen LogP contribution is -2.35. The second-order valence-electron chi connectivity index (χ2n) is 7.28. The summed E-state index contributed by atoms with van der Waals surface area (Å²) in [5.41, 5.74) is 4.77. The van der Waals surface area contributed by atoms with E-state index in [4.69, 9.17) is 0 Å². The van der Waals surface area contributed by atoms with Crippen molar-refractivity contribution in [3.63, 3.8) is 0 Å². The van der Waals surface area contributed by atoms with Gasteiger partial charge in [-0.1, -0.05) is 42.8 Å². The number of rotatable bonds is 3. The molecule has 0 aliphatic carbocycles. The fourth-order valence-corrected chi connectivity index (χ4v) is 3.98. The number of piperidine rings is 1. The summed E-state index contributed by atoms with van der Waals surface area (Å²) in [6, 6.07) is 16.7. The van der Waals surface area contributed by atoms with Crippen LogP contribution in [0, 0.1) is 0 Å². The van der Waals surface area contributed by atoms with E-state index in [-0.39, 0.29) is 5.91 Å². The molecule has 3 heteroatoms. The highest BCUT2D eigenvalue weighted by atomic mass is 16.2. The minimum absolute atomic E-state index is 0.152. The van der Waals surface area contributed by atoms with E-state index in [1.165, 1.54) is 49.0 Å². The molecule has 2 aliphatic heterocycles. The van der Waals surface area contributed by atoms with Gasteiger partial charge in [-0.05, 0) is 61.2 Å². The zero-order valence-electron chi connectivity index (χ0n) is 14.8. The Morgan fingerprint density at radius 2 is 1.56 bits per heavy atom. The summed E-state index contributed by atoms with van der Waals surface area (Å²) >= 11 is 0. The Labute approximate surface area is 150 Å². The van der Waals surface area contributed by atoms with Crippen molar-refractivity contribution < 1.29 is 4.79 Å². The lowest BCUT2D eigenvalue weighted by Gasteiger charge is -2.29. The van der Waals surface area contributed by atoms with Crippen LogP contribution in [0.5, 0.6) is 0 Å². The lowest BCUT2D eigenvalue weighted by atomic mass is 9.99. The van der Waals surface area contributed by atoms with Gasteiger partial charge in [-0.3, -0.25) is 9.69 Å². The molecule has 0 N–H and O–H groups in total. The SMILES string of the molecule is O=C(c1ccc(CN2CCCCC2)cc1)N1CCc2ccccc2C1. The Balaban J connectivity index is 1.41. The smallest absolute Gasteiger partial charge is 0.254 e. The number of nitrogens with zero attached hydrogens (tertiary/aromatic N) is 2. The molecule has 0 radical (unpaired) electrons. The molecule has 1 amide bonds. The van der Waals surface area contributed by atoms with Crippen LogP contribution in [-0.2, 0) is 19.5 Å². The maximum Gasteiger partial charge on any atom is 0.254 e. The molecule has 2 aliphatic rings. The number of carbonyl (C=O) groups is 1. The number of hydrogen-bond acceptors (Lipinski definition) is 2. The summed E-state index contributed by atoms with van der Waals surface area (Å²) in [6.07, 6.45) is 4.94. The Kier molecular flexibility index (Phi) is 4.84. The minimum atomic E-state index is 0.152. The predicted octanol–water partition coefficient (Wildman–Crippen LogP) is 3.87. The molecule has 3 nitrogen and oxygen atoms in total. The van der Waals surface area contributed by atoms with E-state index in [0.29, 0.717) is 0 Å². The van der Waals surface area contributed by atoms with E-state index in [0.717, 1.165) is 31.6 Å². The third-order valence-electron chi connectivity index (χ3n) is 5.47. The molecule has 2 aromatic carbocycles. The van der Waals surface area contributed by atoms with Crippen molar-refractivity contribution in [1.82, 2.24) is 9.80 Å². The third kappa shape index (κ3) is 3.77. The topological polar surface area (TPSA) is 23.6 Å². The van der Waals surface area contributed by atoms with Crippen LogP contribution in [0.1, 0.15) is 46.3 Å². The average molecular weight is 334 g/mol. The summed E-state index contributed by atoms with van der Waals surface area (Å²) in [4.78, 5) is 17.3. The number of hydrogen-bond donors (Lipinski definition) is 0. The first-order chi connectivity index (χ1) is 12.3. The fourth-order valence-electron chi connectivity index (χ4n) is 3.98. The average Bonchev–Trinajstić information content (AvgIpc) is 2.68. The summed E-state index contributed by atoms with van der Waals surface area (Å²) < 4.78 is 0. The zero-order valence-corrected chi connectivity index (χ0v) is 14.8. The molecule has 0 bridgehead atoms. The molecule has 2 heterocycles. The summed E-state index contributed by atoms with van der Waals surface area (Å²) in [5, 5.41) is 0. The van der Waals surface area contributed by atoms with Crippen LogP contribution >= 0.6 is 0 Å². The van der Waals surface area contributed by atoms with Gasteiger partial charge >= 0.3 is 0 Å². The van der Waals surface area contributed by atoms with Gasteiger partial charge in [0, 0.05) is 25.2 Å². The predicted molar refractivity (Wildman–Crippen MR) is 100 cm³/mol. The molecule has 1 fully saturated rings. The minimum Gasteiger partial charge on any atom is -0.334 e. The van der Waals surface area contributed by atoms with Crippen LogP contribution in [0.3, 0.4) is 0 Å². The molecular weight excluding hydrogens is 308 g/mol. The quantitative estimate of drug-likeness (QED) is 0.851. The van der Waals surface area contributed by atoms with Gasteiger partial charge < -0.3 is 4.90 Å². The van der Waals surface area contributed by atoms with Crippen molar-refractivity contribution in [2.75, 3.05) is 19.6 Å². The summed E-state index contributed by atoms with van der Waals surface area (Å²) in [7, 11) is 0. The van der Waals surface area contributed by atoms with Crippen molar-refractivity contribution in [1.29, 1.82) is 0 Å². The summed E-state index contributed by atoms with van der Waals surface area (Å²) in [5.74, 6) is 0.152. The number of fused-ring (bicyclic) bond motifs is 1. The molecule has 1 saturated heterocycles. The Morgan fingerprint density at radius 3 is 2.32 bits per heavy atom. The van der Waals surface area contributed by atoms with E-state index in [1.54, 1.807) is 0 Å². The molecule has 0 aromatic heterocycles. The van der Waals surface area contributed by atoms with Crippen LogP contribution in [0.15, 0.2) is 48.5 Å². The van der Waals surface area contributed by atoms with E-state index < -0.39 is 0 Å². The van der Waals surface area contributed by atoms with Gasteiger partial charge in [0.1, 0.15) is 0 Å². The van der Waals surface area contributed by atoms with Crippen molar-refractivity contribution in [2.45, 2.75) is 38.8 Å². The second-order valence-corrected chi connectivity index (χ2v) is 7.28. The molecule has 2 aromatic rings. The second kappa shape index (κ2) is 7.40. The molecule has 0 spiro atoms. The first kappa shape index (κ1) is 16.3. The van der Waals surface area contributed by atoms with Crippen LogP contribution in [0.4, 0.5) is 0 Å². The van der Waals surface area contributed by atoms with Crippen LogP contribution in [0.25, 0.3) is 0 Å². The summed E-state index contributed by atoms with van der Waals surface area (Å²) in [6.45, 7) is 4.95. The molecule has 4 rings (SSSR count). The van der Waals surface area contributed by atoms with E-state index in [9.17, 15) is 4.79 Å². The maximum absolute atomic E-state index is 12.8. The van der Waals surface area contributed by atoms with Gasteiger partial charge in [0.15, 0.2) is 0 Å². The van der Waals surface area contributed by atoms with E-state index in [1.807, 2.05) is 17.0 Å². The van der Waals surface area contributed by atoms with Crippen molar-refractivity contribution >= 4 is 5.91 Å². The number of likely N-dealkylation sites (tertiary alicyclic amines) is 1. The van der Waals surface area contributed by atoms with Crippen LogP contribution in [0.2, 0.25) is 0 Å². The van der Waals surface area contributed by atoms with E-state index in [2.05, 4.69) is 41.3 Å². The molecule has 0 atom stereocenters. The van der Waals surface area contributed by atoms with Gasteiger partial charge in [0.25, 0.3) is 5.91 Å². The van der Waals surface area contributed by atoms with E-state index >= 15 is 0 Å². The van der Waals surface area contributed by atoms with Gasteiger partial charge in [-0.2, -0.15) is 0 Å². The molecule has 0 saturated carbocycles. The number of carbonyl (C=O) groups excluding carboxylic acids is 1. The maximum atomic E-state index is 12.8. The fraction of sp³-hybridized carbons (Fsp3) is 0.409. The number of amides is 1. The standard InChI is InChI=1S/C22H26N2O/c25-22(24-15-12-19-6-2-3-7-21(19)17-24)20-10-8-18(9-11-20)16-23-13-4-1-5-14-23/h2-3,6-11H,1,4-5,12-17H2. The van der Waals surface area contributed by atoms with Crippen LogP contribution in [-0.4, -0.2) is 35.3 Å². The van der Waals surface area contributed by atoms with Gasteiger partial charge in [0.05, 0.1) is 0 Å². The van der Waals surface area contributed by atoms with Gasteiger partial charge in [-0.15, -0.1) is 0 Å². The Morgan fingerprint density at radius 1 is 0.840 bits per heavy atom. The molecule has 0 unspecified atom stereocenters. The highest BCUT2D eigenvalue weighted by molar-refractivity contribution is 5.94. The van der Waals surface area contributed by atoms with Crippen molar-refractivity contribution in [3.05, 3.63) is 70.8 Å². The molecule has 130 valence electrons. The third-order valence-corrected chi connectivity index (χ3v) is 5.47. The van der Waals surface area contributed by atoms with Gasteiger partial charge in [-0.25, -0.2) is 0 Å². The highest BCUT2D eigenvalue weighted by Gasteiger charge is 2.21. The lowest BCUT2D eigenvalue weighted by molar-refractivity contribution is 0.0734. The van der Waals surface area contributed by atoms with Gasteiger partial charge in [0.2, 0.25) is 0 Å². The zero-order chi connectivity index (χ0) is 17.1. The number of benzene rings is 2. The van der Waals surface area contributed by atoms with Crippen molar-refractivity contribution in [2.24, 2.45) is 0 Å². The first-order valence-corrected chi connectivity index (χ1v) is 9.47. The molecule has 25 heavy (non-hydrogen) atoms. The first-order valence-electron chi connectivity index (χ1n) is 9.47. The van der Waals surface area contributed by atoms with Crippen LogP contribution < -0.4 is 0 Å². The highest BCUT2D eigenvalue weighted by Crippen LogP contribution is 2.21.